The number of nitrogens with one attached hydrogen (secondary N) is 1. The number of amides is 1. The van der Waals surface area contributed by atoms with Crippen molar-refractivity contribution in [2.75, 3.05) is 19.6 Å². The molecule has 0 saturated carbocycles. The topological polar surface area (TPSA) is 52.2 Å². The number of aromatic nitrogens is 2. The largest absolute Gasteiger partial charge is 0.416 e. The molecular weight excluding hydrogens is 546 g/mol. The Morgan fingerprint density at radius 1 is 1.02 bits per heavy atom. The summed E-state index contributed by atoms with van der Waals surface area (Å²) in [5.74, 6) is -0.886. The normalized spacial score (nSPS) is 17.5. The number of rotatable bonds is 6. The molecule has 1 saturated heterocycles. The SMILES string of the molecule is C=CC(c1cccnc1)N1CCN(C(=O)c2cc(C(F)(F)F)cc(C(F)(F)F)c2)[C@H](Cc2c[nH]c3ccccc23)C1. The molecule has 1 aliphatic rings. The number of alkyl halides is 6. The number of halogens is 6. The van der Waals surface area contributed by atoms with Gasteiger partial charge in [-0.1, -0.05) is 30.3 Å². The first-order valence-corrected chi connectivity index (χ1v) is 12.9. The van der Waals surface area contributed by atoms with Crippen molar-refractivity contribution in [2.24, 2.45) is 0 Å². The molecule has 5 rings (SSSR count). The van der Waals surface area contributed by atoms with E-state index in [2.05, 4.69) is 21.4 Å². The van der Waals surface area contributed by atoms with Gasteiger partial charge >= 0.3 is 12.4 Å². The lowest BCUT2D eigenvalue weighted by molar-refractivity contribution is -0.143. The first-order chi connectivity index (χ1) is 19.5. The minimum Gasteiger partial charge on any atom is -0.361 e. The zero-order valence-corrected chi connectivity index (χ0v) is 21.7. The van der Waals surface area contributed by atoms with Crippen molar-refractivity contribution in [3.63, 3.8) is 0 Å². The highest BCUT2D eigenvalue weighted by molar-refractivity contribution is 5.95. The van der Waals surface area contributed by atoms with E-state index in [0.29, 0.717) is 31.6 Å². The van der Waals surface area contributed by atoms with Crippen molar-refractivity contribution in [1.82, 2.24) is 19.8 Å². The number of H-pyrrole nitrogens is 1. The molecule has 0 aliphatic carbocycles. The van der Waals surface area contributed by atoms with Gasteiger partial charge in [0.2, 0.25) is 0 Å². The van der Waals surface area contributed by atoms with E-state index < -0.39 is 41.0 Å². The van der Waals surface area contributed by atoms with Crippen LogP contribution in [0.4, 0.5) is 26.3 Å². The first kappa shape index (κ1) is 28.4. The molecule has 2 aromatic carbocycles. The Kier molecular flexibility index (Phi) is 7.65. The zero-order chi connectivity index (χ0) is 29.4. The van der Waals surface area contributed by atoms with Gasteiger partial charge in [0.05, 0.1) is 17.2 Å². The lowest BCUT2D eigenvalue weighted by Crippen LogP contribution is -2.56. The quantitative estimate of drug-likeness (QED) is 0.202. The lowest BCUT2D eigenvalue weighted by atomic mass is 9.97. The van der Waals surface area contributed by atoms with Crippen LogP contribution in [0, 0.1) is 0 Å². The highest BCUT2D eigenvalue weighted by Crippen LogP contribution is 2.37. The molecule has 1 fully saturated rings. The molecule has 11 heteroatoms. The van der Waals surface area contributed by atoms with Gasteiger partial charge in [0.25, 0.3) is 5.91 Å². The number of pyridine rings is 1. The number of para-hydroxylation sites is 1. The van der Waals surface area contributed by atoms with Crippen LogP contribution in [0.3, 0.4) is 0 Å². The van der Waals surface area contributed by atoms with Gasteiger partial charge < -0.3 is 9.88 Å². The van der Waals surface area contributed by atoms with Crippen LogP contribution in [0.1, 0.15) is 38.7 Å². The van der Waals surface area contributed by atoms with Crippen molar-refractivity contribution < 1.29 is 31.1 Å². The van der Waals surface area contributed by atoms with E-state index in [1.165, 1.54) is 4.90 Å². The second-order valence-corrected chi connectivity index (χ2v) is 9.97. The maximum atomic E-state index is 13.7. The molecule has 214 valence electrons. The average molecular weight is 573 g/mol. The summed E-state index contributed by atoms with van der Waals surface area (Å²) in [6.07, 6.45) is -2.87. The monoisotopic (exact) mass is 572 g/mol. The molecule has 0 spiro atoms. The van der Waals surface area contributed by atoms with Crippen LogP contribution in [0.15, 0.2) is 85.8 Å². The van der Waals surface area contributed by atoms with Gasteiger partial charge in [-0.2, -0.15) is 26.3 Å². The van der Waals surface area contributed by atoms with Gasteiger partial charge in [-0.15, -0.1) is 6.58 Å². The Morgan fingerprint density at radius 2 is 1.73 bits per heavy atom. The summed E-state index contributed by atoms with van der Waals surface area (Å²) in [4.78, 5) is 24.5. The number of nitrogens with zero attached hydrogens (tertiary/aromatic N) is 3. The standard InChI is InChI=1S/C30H26F6N4O/c1-2-27(19-6-5-9-37-16-19)39-10-11-40(24(18-39)14-21-17-38-26-8-4-3-7-25(21)26)28(41)20-12-22(29(31,32)33)15-23(13-20)30(34,35)36/h2-9,12-13,15-17,24,27,38H,1,10-11,14,18H2/t24-,27?/m1/s1. The fourth-order valence-electron chi connectivity index (χ4n) is 5.42. The summed E-state index contributed by atoms with van der Waals surface area (Å²) in [7, 11) is 0. The van der Waals surface area contributed by atoms with Crippen LogP contribution in [-0.2, 0) is 18.8 Å². The molecule has 1 aliphatic heterocycles. The molecular formula is C30H26F6N4O. The third-order valence-electron chi connectivity index (χ3n) is 7.38. The van der Waals surface area contributed by atoms with E-state index in [4.69, 9.17) is 0 Å². The summed E-state index contributed by atoms with van der Waals surface area (Å²) in [5, 5.41) is 0.919. The molecule has 1 N–H and O–H groups in total. The maximum absolute atomic E-state index is 13.7. The van der Waals surface area contributed by atoms with Gasteiger partial charge in [-0.3, -0.25) is 14.7 Å². The fraction of sp³-hybridized carbons (Fsp3) is 0.267. The molecule has 4 aromatic rings. The van der Waals surface area contributed by atoms with Crippen LogP contribution in [-0.4, -0.2) is 51.4 Å². The average Bonchev–Trinajstić information content (AvgIpc) is 3.35. The minimum atomic E-state index is -5.06. The summed E-state index contributed by atoms with van der Waals surface area (Å²) < 4.78 is 81.3. The Labute approximate surface area is 232 Å². The highest BCUT2D eigenvalue weighted by Gasteiger charge is 2.39. The smallest absolute Gasteiger partial charge is 0.361 e. The predicted octanol–water partition coefficient (Wildman–Crippen LogP) is 6.90. The van der Waals surface area contributed by atoms with Crippen LogP contribution < -0.4 is 0 Å². The summed E-state index contributed by atoms with van der Waals surface area (Å²) >= 11 is 0. The van der Waals surface area contributed by atoms with Crippen molar-refractivity contribution in [3.05, 3.63) is 114 Å². The van der Waals surface area contributed by atoms with Gasteiger partial charge in [0.15, 0.2) is 0 Å². The van der Waals surface area contributed by atoms with Crippen molar-refractivity contribution in [3.8, 4) is 0 Å². The number of fused-ring (bicyclic) bond motifs is 1. The molecule has 0 radical (unpaired) electrons. The summed E-state index contributed by atoms with van der Waals surface area (Å²) in [5.41, 5.74) is -1.07. The van der Waals surface area contributed by atoms with Crippen molar-refractivity contribution in [2.45, 2.75) is 30.9 Å². The van der Waals surface area contributed by atoms with E-state index in [-0.39, 0.29) is 18.7 Å². The number of hydrogen-bond acceptors (Lipinski definition) is 3. The highest BCUT2D eigenvalue weighted by atomic mass is 19.4. The third-order valence-corrected chi connectivity index (χ3v) is 7.38. The Bertz CT molecular complexity index is 1510. The van der Waals surface area contributed by atoms with Crippen LogP contribution in [0.5, 0.6) is 0 Å². The number of carbonyl (C=O) groups excluding carboxylic acids is 1. The Balaban J connectivity index is 1.52. The minimum absolute atomic E-state index is 0.0285. The molecule has 3 heterocycles. The molecule has 1 unspecified atom stereocenters. The Morgan fingerprint density at radius 3 is 2.37 bits per heavy atom. The summed E-state index contributed by atoms with van der Waals surface area (Å²) in [6, 6.07) is 11.4. The second kappa shape index (κ2) is 11.0. The van der Waals surface area contributed by atoms with Gasteiger partial charge in [-0.25, -0.2) is 0 Å². The molecule has 41 heavy (non-hydrogen) atoms. The van der Waals surface area contributed by atoms with Crippen LogP contribution in [0.2, 0.25) is 0 Å². The molecule has 0 bridgehead atoms. The number of carbonyl (C=O) groups is 1. The van der Waals surface area contributed by atoms with Crippen LogP contribution in [0.25, 0.3) is 10.9 Å². The molecule has 2 atom stereocenters. The lowest BCUT2D eigenvalue weighted by Gasteiger charge is -2.44. The number of benzene rings is 2. The predicted molar refractivity (Wildman–Crippen MR) is 142 cm³/mol. The van der Waals surface area contributed by atoms with Gasteiger partial charge in [0.1, 0.15) is 0 Å². The van der Waals surface area contributed by atoms with E-state index in [0.717, 1.165) is 22.0 Å². The fourth-order valence-corrected chi connectivity index (χ4v) is 5.42. The van der Waals surface area contributed by atoms with E-state index in [1.807, 2.05) is 36.5 Å². The van der Waals surface area contributed by atoms with Crippen molar-refractivity contribution in [1.29, 1.82) is 0 Å². The van der Waals surface area contributed by atoms with Gasteiger partial charge in [-0.05, 0) is 47.9 Å². The summed E-state index contributed by atoms with van der Waals surface area (Å²) in [6.45, 7) is 4.68. The van der Waals surface area contributed by atoms with E-state index in [1.54, 1.807) is 24.5 Å². The molecule has 2 aromatic heterocycles. The number of hydrogen-bond donors (Lipinski definition) is 1. The zero-order valence-electron chi connectivity index (χ0n) is 21.7. The third kappa shape index (κ3) is 6.00. The molecule has 1 amide bonds. The number of aromatic amines is 1. The number of piperazine rings is 1. The van der Waals surface area contributed by atoms with E-state index >= 15 is 0 Å². The maximum Gasteiger partial charge on any atom is 0.416 e. The second-order valence-electron chi connectivity index (χ2n) is 9.97. The van der Waals surface area contributed by atoms with Gasteiger partial charge in [0, 0.05) is 60.7 Å². The molecule has 5 nitrogen and oxygen atoms in total. The first-order valence-electron chi connectivity index (χ1n) is 12.9. The van der Waals surface area contributed by atoms with Crippen LogP contribution >= 0.6 is 0 Å². The van der Waals surface area contributed by atoms with E-state index in [9.17, 15) is 31.1 Å². The Hall–Kier alpha value is -4.12. The van der Waals surface area contributed by atoms with Crippen molar-refractivity contribution >= 4 is 16.8 Å².